The van der Waals surface area contributed by atoms with Gasteiger partial charge in [-0.2, -0.15) is 5.10 Å². The summed E-state index contributed by atoms with van der Waals surface area (Å²) in [5.41, 5.74) is 3.44. The van der Waals surface area contributed by atoms with E-state index in [0.717, 1.165) is 37.1 Å². The Hall–Kier alpha value is -2.83. The second-order valence-electron chi connectivity index (χ2n) is 5.39. The van der Waals surface area contributed by atoms with Gasteiger partial charge in [-0.05, 0) is 25.7 Å². The van der Waals surface area contributed by atoms with E-state index in [1.165, 1.54) is 12.1 Å². The van der Waals surface area contributed by atoms with Crippen LogP contribution in [0.5, 0.6) is 0 Å². The average molecular weight is 295 g/mol. The first-order valence-corrected chi connectivity index (χ1v) is 7.21. The third kappa shape index (κ3) is 2.11. The van der Waals surface area contributed by atoms with Crippen molar-refractivity contribution in [1.29, 1.82) is 0 Å². The van der Waals surface area contributed by atoms with Gasteiger partial charge < -0.3 is 0 Å². The minimum atomic E-state index is -0.408. The van der Waals surface area contributed by atoms with Gasteiger partial charge in [-0.25, -0.2) is 14.5 Å². The van der Waals surface area contributed by atoms with E-state index in [1.54, 1.807) is 22.8 Å². The molecule has 3 aromatic rings. The molecule has 0 aliphatic heterocycles. The van der Waals surface area contributed by atoms with Crippen LogP contribution in [0.15, 0.2) is 30.5 Å². The number of nitro benzene ring substituents is 1. The summed E-state index contributed by atoms with van der Waals surface area (Å²) in [6.07, 6.45) is 5.94. The van der Waals surface area contributed by atoms with E-state index in [0.29, 0.717) is 17.0 Å². The van der Waals surface area contributed by atoms with Crippen molar-refractivity contribution in [2.24, 2.45) is 0 Å². The van der Waals surface area contributed by atoms with E-state index < -0.39 is 4.92 Å². The highest BCUT2D eigenvalue weighted by Crippen LogP contribution is 2.24. The number of imidazole rings is 1. The number of aryl methyl sites for hydroxylation is 2. The smallest absolute Gasteiger partial charge is 0.258 e. The first-order chi connectivity index (χ1) is 10.7. The molecule has 7 nitrogen and oxygen atoms in total. The summed E-state index contributed by atoms with van der Waals surface area (Å²) < 4.78 is 1.66. The first-order valence-electron chi connectivity index (χ1n) is 7.21. The summed E-state index contributed by atoms with van der Waals surface area (Å²) in [7, 11) is 0. The van der Waals surface area contributed by atoms with Crippen LogP contribution >= 0.6 is 0 Å². The zero-order valence-electron chi connectivity index (χ0n) is 11.8. The lowest BCUT2D eigenvalue weighted by atomic mass is 10.0. The predicted molar refractivity (Wildman–Crippen MR) is 79.5 cm³/mol. The number of hydrogen-bond donors (Lipinski definition) is 0. The van der Waals surface area contributed by atoms with Crippen molar-refractivity contribution in [2.45, 2.75) is 25.7 Å². The molecule has 0 saturated heterocycles. The number of non-ortho nitro benzene ring substituents is 1. The standard InChI is InChI=1S/C15H13N5O2/c21-20(22)11-5-3-4-10(8-11)14-9-19-15(17-14)16-12-6-1-2-7-13(12)18-19/h3-5,8-9H,1-2,6-7H2. The number of benzene rings is 1. The highest BCUT2D eigenvalue weighted by atomic mass is 16.6. The van der Waals surface area contributed by atoms with Gasteiger partial charge in [0.25, 0.3) is 11.5 Å². The Morgan fingerprint density at radius 2 is 1.95 bits per heavy atom. The number of aromatic nitrogens is 4. The van der Waals surface area contributed by atoms with Crippen LogP contribution in [0.1, 0.15) is 24.2 Å². The fourth-order valence-corrected chi connectivity index (χ4v) is 2.78. The van der Waals surface area contributed by atoms with Crippen LogP contribution in [0.4, 0.5) is 5.69 Å². The maximum absolute atomic E-state index is 10.9. The first kappa shape index (κ1) is 12.9. The lowest BCUT2D eigenvalue weighted by Crippen LogP contribution is -2.11. The zero-order valence-corrected chi connectivity index (χ0v) is 11.8. The van der Waals surface area contributed by atoms with Crippen molar-refractivity contribution in [2.75, 3.05) is 0 Å². The molecular weight excluding hydrogens is 282 g/mol. The molecule has 0 N–H and O–H groups in total. The Morgan fingerprint density at radius 1 is 1.14 bits per heavy atom. The minimum absolute atomic E-state index is 0.0507. The summed E-state index contributed by atoms with van der Waals surface area (Å²) in [6, 6.07) is 6.44. The number of hydrogen-bond acceptors (Lipinski definition) is 5. The van der Waals surface area contributed by atoms with Crippen molar-refractivity contribution < 1.29 is 4.92 Å². The van der Waals surface area contributed by atoms with Crippen LogP contribution in [0, 0.1) is 10.1 Å². The van der Waals surface area contributed by atoms with Gasteiger partial charge in [-0.1, -0.05) is 12.1 Å². The van der Waals surface area contributed by atoms with Gasteiger partial charge in [-0.3, -0.25) is 10.1 Å². The highest BCUT2D eigenvalue weighted by Gasteiger charge is 2.16. The summed E-state index contributed by atoms with van der Waals surface area (Å²) in [5.74, 6) is 0.544. The fraction of sp³-hybridized carbons (Fsp3) is 0.267. The largest absolute Gasteiger partial charge is 0.270 e. The van der Waals surface area contributed by atoms with Crippen LogP contribution in [0.2, 0.25) is 0 Å². The van der Waals surface area contributed by atoms with Crippen molar-refractivity contribution in [1.82, 2.24) is 19.6 Å². The molecule has 4 rings (SSSR count). The highest BCUT2D eigenvalue weighted by molar-refractivity contribution is 5.64. The van der Waals surface area contributed by atoms with E-state index in [1.807, 2.05) is 0 Å². The minimum Gasteiger partial charge on any atom is -0.258 e. The van der Waals surface area contributed by atoms with Crippen LogP contribution in [-0.2, 0) is 12.8 Å². The van der Waals surface area contributed by atoms with Gasteiger partial charge in [0.1, 0.15) is 0 Å². The van der Waals surface area contributed by atoms with Crippen LogP contribution in [0.3, 0.4) is 0 Å². The molecule has 0 fully saturated rings. The molecule has 0 radical (unpaired) electrons. The second kappa shape index (κ2) is 4.87. The molecule has 0 atom stereocenters. The van der Waals surface area contributed by atoms with Crippen molar-refractivity contribution in [3.63, 3.8) is 0 Å². The SMILES string of the molecule is O=[N+]([O-])c1cccc(-c2cn3nc4c(nc3n2)CCCC4)c1. The van der Waals surface area contributed by atoms with Crippen LogP contribution < -0.4 is 0 Å². The molecule has 1 aliphatic carbocycles. The van der Waals surface area contributed by atoms with E-state index in [4.69, 9.17) is 0 Å². The van der Waals surface area contributed by atoms with E-state index >= 15 is 0 Å². The number of nitrogens with zero attached hydrogens (tertiary/aromatic N) is 5. The molecule has 0 saturated carbocycles. The molecule has 0 spiro atoms. The van der Waals surface area contributed by atoms with E-state index in [-0.39, 0.29) is 5.69 Å². The zero-order chi connectivity index (χ0) is 15.1. The van der Waals surface area contributed by atoms with Gasteiger partial charge in [0.15, 0.2) is 0 Å². The fourth-order valence-electron chi connectivity index (χ4n) is 2.78. The predicted octanol–water partition coefficient (Wildman–Crippen LogP) is 2.58. The number of fused-ring (bicyclic) bond motifs is 2. The number of nitro groups is 1. The molecule has 0 unspecified atom stereocenters. The summed E-state index contributed by atoms with van der Waals surface area (Å²) in [6.45, 7) is 0. The quantitative estimate of drug-likeness (QED) is 0.535. The maximum atomic E-state index is 10.9. The lowest BCUT2D eigenvalue weighted by molar-refractivity contribution is -0.384. The molecule has 1 aromatic carbocycles. The second-order valence-corrected chi connectivity index (χ2v) is 5.39. The van der Waals surface area contributed by atoms with Crippen molar-refractivity contribution in [3.8, 4) is 11.3 Å². The van der Waals surface area contributed by atoms with E-state index in [2.05, 4.69) is 15.1 Å². The monoisotopic (exact) mass is 295 g/mol. The van der Waals surface area contributed by atoms with Crippen LogP contribution in [-0.4, -0.2) is 24.5 Å². The van der Waals surface area contributed by atoms with Gasteiger partial charge in [0.05, 0.1) is 28.2 Å². The Bertz CT molecular complexity index is 844. The number of rotatable bonds is 2. The van der Waals surface area contributed by atoms with Gasteiger partial charge in [0, 0.05) is 17.7 Å². The Labute approximate surface area is 125 Å². The van der Waals surface area contributed by atoms with Gasteiger partial charge in [0.2, 0.25) is 0 Å². The third-order valence-electron chi connectivity index (χ3n) is 3.90. The molecule has 0 bridgehead atoms. The molecule has 7 heteroatoms. The lowest BCUT2D eigenvalue weighted by Gasteiger charge is -2.12. The molecule has 22 heavy (non-hydrogen) atoms. The van der Waals surface area contributed by atoms with Crippen molar-refractivity contribution in [3.05, 3.63) is 52.0 Å². The average Bonchev–Trinajstić information content (AvgIpc) is 2.95. The Kier molecular flexibility index (Phi) is 2.85. The van der Waals surface area contributed by atoms with Gasteiger partial charge >= 0.3 is 0 Å². The normalized spacial score (nSPS) is 14.0. The molecule has 0 amide bonds. The van der Waals surface area contributed by atoms with Crippen molar-refractivity contribution >= 4 is 11.5 Å². The molecular formula is C15H13N5O2. The molecule has 2 aromatic heterocycles. The summed E-state index contributed by atoms with van der Waals surface area (Å²) in [5, 5.41) is 15.5. The molecule has 110 valence electrons. The molecule has 2 heterocycles. The Balaban J connectivity index is 1.82. The van der Waals surface area contributed by atoms with E-state index in [9.17, 15) is 10.1 Å². The summed E-state index contributed by atoms with van der Waals surface area (Å²) in [4.78, 5) is 19.5. The summed E-state index contributed by atoms with van der Waals surface area (Å²) >= 11 is 0. The van der Waals surface area contributed by atoms with Crippen LogP contribution in [0.25, 0.3) is 17.0 Å². The van der Waals surface area contributed by atoms with Gasteiger partial charge in [-0.15, -0.1) is 0 Å². The topological polar surface area (TPSA) is 86.2 Å². The third-order valence-corrected chi connectivity index (χ3v) is 3.90. The Morgan fingerprint density at radius 3 is 2.77 bits per heavy atom. The molecule has 1 aliphatic rings. The maximum Gasteiger partial charge on any atom is 0.270 e.